The second-order valence-corrected chi connectivity index (χ2v) is 6.12. The Bertz CT molecular complexity index is 668. The van der Waals surface area contributed by atoms with Gasteiger partial charge in [0, 0.05) is 32.1 Å². The molecule has 0 bridgehead atoms. The number of benzene rings is 1. The van der Waals surface area contributed by atoms with Crippen molar-refractivity contribution in [2.75, 3.05) is 32.8 Å². The van der Waals surface area contributed by atoms with Gasteiger partial charge in [-0.1, -0.05) is 35.5 Å². The van der Waals surface area contributed by atoms with Crippen molar-refractivity contribution in [1.29, 1.82) is 0 Å². The molecule has 0 radical (unpaired) electrons. The zero-order valence-electron chi connectivity index (χ0n) is 14.1. The van der Waals surface area contributed by atoms with Gasteiger partial charge in [0.2, 0.25) is 0 Å². The predicted octanol–water partition coefficient (Wildman–Crippen LogP) is 0.840. The quantitative estimate of drug-likeness (QED) is 0.773. The SMILES string of the molecule is O=C(NC[C@@H](O)Cc1ccccc1)c1cc(CN2CCOCC2)on1. The highest BCUT2D eigenvalue weighted by Gasteiger charge is 2.17. The summed E-state index contributed by atoms with van der Waals surface area (Å²) < 4.78 is 10.5. The van der Waals surface area contributed by atoms with Crippen molar-refractivity contribution in [3.63, 3.8) is 0 Å². The Hall–Kier alpha value is -2.22. The average molecular weight is 345 g/mol. The monoisotopic (exact) mass is 345 g/mol. The van der Waals surface area contributed by atoms with Crippen LogP contribution >= 0.6 is 0 Å². The Labute approximate surface area is 146 Å². The highest BCUT2D eigenvalue weighted by Crippen LogP contribution is 2.09. The molecule has 1 aliphatic heterocycles. The fraction of sp³-hybridized carbons (Fsp3) is 0.444. The van der Waals surface area contributed by atoms with Crippen LogP contribution in [-0.2, 0) is 17.7 Å². The number of rotatable bonds is 7. The van der Waals surface area contributed by atoms with Gasteiger partial charge in [-0.25, -0.2) is 0 Å². The number of hydrogen-bond acceptors (Lipinski definition) is 6. The van der Waals surface area contributed by atoms with Crippen LogP contribution in [0.5, 0.6) is 0 Å². The van der Waals surface area contributed by atoms with E-state index in [-0.39, 0.29) is 18.1 Å². The molecule has 2 N–H and O–H groups in total. The molecule has 1 aliphatic rings. The fourth-order valence-corrected chi connectivity index (χ4v) is 2.73. The molecule has 7 heteroatoms. The molecule has 1 aromatic heterocycles. The van der Waals surface area contributed by atoms with Crippen molar-refractivity contribution in [2.45, 2.75) is 19.1 Å². The molecule has 0 aliphatic carbocycles. The van der Waals surface area contributed by atoms with Gasteiger partial charge in [0.25, 0.3) is 5.91 Å². The Kier molecular flexibility index (Phi) is 6.16. The van der Waals surface area contributed by atoms with Gasteiger partial charge in [0.15, 0.2) is 11.5 Å². The highest BCUT2D eigenvalue weighted by atomic mass is 16.5. The Morgan fingerprint density at radius 2 is 2.04 bits per heavy atom. The van der Waals surface area contributed by atoms with Gasteiger partial charge in [-0.3, -0.25) is 9.69 Å². The second kappa shape index (κ2) is 8.75. The molecule has 0 unspecified atom stereocenters. The Balaban J connectivity index is 1.45. The van der Waals surface area contributed by atoms with E-state index < -0.39 is 6.10 Å². The summed E-state index contributed by atoms with van der Waals surface area (Å²) in [6.45, 7) is 3.88. The Morgan fingerprint density at radius 3 is 2.80 bits per heavy atom. The summed E-state index contributed by atoms with van der Waals surface area (Å²) >= 11 is 0. The standard InChI is InChI=1S/C18H23N3O4/c22-15(10-14-4-2-1-3-5-14)12-19-18(23)17-11-16(25-20-17)13-21-6-8-24-9-7-21/h1-5,11,15,22H,6-10,12-13H2,(H,19,23)/t15-/m0/s1. The maximum absolute atomic E-state index is 12.1. The third-order valence-corrected chi connectivity index (χ3v) is 4.09. The van der Waals surface area contributed by atoms with E-state index in [9.17, 15) is 9.90 Å². The van der Waals surface area contributed by atoms with E-state index in [0.717, 1.165) is 18.7 Å². The summed E-state index contributed by atoms with van der Waals surface area (Å²) in [6.07, 6.45) is -0.159. The van der Waals surface area contributed by atoms with Crippen molar-refractivity contribution in [3.8, 4) is 0 Å². The zero-order chi connectivity index (χ0) is 17.5. The smallest absolute Gasteiger partial charge is 0.273 e. The van der Waals surface area contributed by atoms with E-state index in [4.69, 9.17) is 9.26 Å². The molecule has 134 valence electrons. The summed E-state index contributed by atoms with van der Waals surface area (Å²) in [6, 6.07) is 11.3. The van der Waals surface area contributed by atoms with Crippen LogP contribution in [-0.4, -0.2) is 60.0 Å². The summed E-state index contributed by atoms with van der Waals surface area (Å²) in [4.78, 5) is 14.3. The van der Waals surface area contributed by atoms with E-state index in [1.807, 2.05) is 30.3 Å². The third kappa shape index (κ3) is 5.38. The summed E-state index contributed by atoms with van der Waals surface area (Å²) in [7, 11) is 0. The minimum absolute atomic E-state index is 0.166. The molecule has 2 aromatic rings. The molecule has 1 atom stereocenters. The van der Waals surface area contributed by atoms with Crippen molar-refractivity contribution in [1.82, 2.24) is 15.4 Å². The van der Waals surface area contributed by atoms with Crippen LogP contribution in [0.4, 0.5) is 0 Å². The lowest BCUT2D eigenvalue weighted by Crippen LogP contribution is -2.35. The number of amides is 1. The topological polar surface area (TPSA) is 87.8 Å². The lowest BCUT2D eigenvalue weighted by Gasteiger charge is -2.25. The summed E-state index contributed by atoms with van der Waals surface area (Å²) in [5.41, 5.74) is 1.26. The minimum Gasteiger partial charge on any atom is -0.391 e. The third-order valence-electron chi connectivity index (χ3n) is 4.09. The van der Waals surface area contributed by atoms with Crippen molar-refractivity contribution in [3.05, 3.63) is 53.4 Å². The van der Waals surface area contributed by atoms with Gasteiger partial charge in [0.1, 0.15) is 0 Å². The largest absolute Gasteiger partial charge is 0.391 e. The first-order valence-corrected chi connectivity index (χ1v) is 8.46. The van der Waals surface area contributed by atoms with Gasteiger partial charge >= 0.3 is 0 Å². The number of carbonyl (C=O) groups is 1. The highest BCUT2D eigenvalue weighted by molar-refractivity contribution is 5.92. The molecule has 25 heavy (non-hydrogen) atoms. The molecule has 1 saturated heterocycles. The number of hydrogen-bond donors (Lipinski definition) is 2. The lowest BCUT2D eigenvalue weighted by atomic mass is 10.1. The van der Waals surface area contributed by atoms with E-state index >= 15 is 0 Å². The number of aliphatic hydroxyl groups is 1. The van der Waals surface area contributed by atoms with E-state index in [1.165, 1.54) is 0 Å². The fourth-order valence-electron chi connectivity index (χ4n) is 2.73. The van der Waals surface area contributed by atoms with Crippen LogP contribution in [0.15, 0.2) is 40.9 Å². The molecule has 0 saturated carbocycles. The predicted molar refractivity (Wildman–Crippen MR) is 91.1 cm³/mol. The maximum atomic E-state index is 12.1. The van der Waals surface area contributed by atoms with Crippen LogP contribution < -0.4 is 5.32 Å². The average Bonchev–Trinajstić information content (AvgIpc) is 3.10. The first-order chi connectivity index (χ1) is 12.2. The molecular formula is C18H23N3O4. The van der Waals surface area contributed by atoms with Crippen LogP contribution in [0.25, 0.3) is 0 Å². The van der Waals surface area contributed by atoms with Crippen molar-refractivity contribution < 1.29 is 19.2 Å². The van der Waals surface area contributed by atoms with Gasteiger partial charge in [-0.05, 0) is 5.56 Å². The van der Waals surface area contributed by atoms with Crippen LogP contribution in [0.3, 0.4) is 0 Å². The zero-order valence-corrected chi connectivity index (χ0v) is 14.1. The van der Waals surface area contributed by atoms with E-state index in [0.29, 0.717) is 31.9 Å². The summed E-state index contributed by atoms with van der Waals surface area (Å²) in [5, 5.41) is 16.6. The molecular weight excluding hydrogens is 322 g/mol. The number of nitrogens with one attached hydrogen (secondary N) is 1. The molecule has 7 nitrogen and oxygen atoms in total. The number of aromatic nitrogens is 1. The Morgan fingerprint density at radius 1 is 1.28 bits per heavy atom. The maximum Gasteiger partial charge on any atom is 0.273 e. The van der Waals surface area contributed by atoms with Crippen LogP contribution in [0.1, 0.15) is 21.8 Å². The summed E-state index contributed by atoms with van der Waals surface area (Å²) in [5.74, 6) is 0.306. The normalized spacial score (nSPS) is 16.5. The van der Waals surface area contributed by atoms with Crippen LogP contribution in [0.2, 0.25) is 0 Å². The number of ether oxygens (including phenoxy) is 1. The van der Waals surface area contributed by atoms with E-state index in [2.05, 4.69) is 15.4 Å². The van der Waals surface area contributed by atoms with Crippen molar-refractivity contribution >= 4 is 5.91 Å². The first-order valence-electron chi connectivity index (χ1n) is 8.46. The molecule has 2 heterocycles. The van der Waals surface area contributed by atoms with Crippen molar-refractivity contribution in [2.24, 2.45) is 0 Å². The lowest BCUT2D eigenvalue weighted by molar-refractivity contribution is 0.0305. The molecule has 3 rings (SSSR count). The second-order valence-electron chi connectivity index (χ2n) is 6.12. The van der Waals surface area contributed by atoms with Gasteiger partial charge in [-0.15, -0.1) is 0 Å². The number of aliphatic hydroxyl groups excluding tert-OH is 1. The number of carbonyl (C=O) groups excluding carboxylic acids is 1. The van der Waals surface area contributed by atoms with E-state index in [1.54, 1.807) is 6.07 Å². The first kappa shape index (κ1) is 17.6. The minimum atomic E-state index is -0.647. The van der Waals surface area contributed by atoms with Gasteiger partial charge in [-0.2, -0.15) is 0 Å². The van der Waals surface area contributed by atoms with Crippen LogP contribution in [0, 0.1) is 0 Å². The number of morpholine rings is 1. The van der Waals surface area contributed by atoms with Gasteiger partial charge in [0.05, 0.1) is 25.9 Å². The molecule has 1 fully saturated rings. The molecule has 0 spiro atoms. The molecule has 1 amide bonds. The van der Waals surface area contributed by atoms with Gasteiger partial charge < -0.3 is 19.7 Å². The molecule has 1 aromatic carbocycles. The number of nitrogens with zero attached hydrogens (tertiary/aromatic N) is 2.